The third-order valence-electron chi connectivity index (χ3n) is 4.65. The van der Waals surface area contributed by atoms with Gasteiger partial charge in [-0.05, 0) is 44.2 Å². The summed E-state index contributed by atoms with van der Waals surface area (Å²) in [6.45, 7) is 2.55. The fourth-order valence-corrected chi connectivity index (χ4v) is 3.48. The van der Waals surface area contributed by atoms with Gasteiger partial charge in [-0.1, -0.05) is 24.3 Å². The molecule has 1 fully saturated rings. The van der Waals surface area contributed by atoms with Crippen LogP contribution in [0, 0.1) is 12.8 Å². The van der Waals surface area contributed by atoms with E-state index in [1.165, 1.54) is 0 Å². The monoisotopic (exact) mass is 325 g/mol. The number of allylic oxidation sites excluding steroid dienone is 3. The van der Waals surface area contributed by atoms with Crippen LogP contribution in [-0.4, -0.2) is 34.3 Å². The minimum atomic E-state index is -0.579. The Balaban J connectivity index is 1.70. The van der Waals surface area contributed by atoms with Gasteiger partial charge in [-0.15, -0.1) is 0 Å². The Bertz CT molecular complexity index is 681. The van der Waals surface area contributed by atoms with E-state index in [2.05, 4.69) is 22.5 Å². The maximum Gasteiger partial charge on any atom is 0.313 e. The Kier molecular flexibility index (Phi) is 5.08. The van der Waals surface area contributed by atoms with Crippen molar-refractivity contribution in [3.8, 4) is 0 Å². The number of hydrogen-bond acceptors (Lipinski definition) is 3. The molecule has 1 aromatic rings. The molecule has 2 atom stereocenters. The van der Waals surface area contributed by atoms with Crippen molar-refractivity contribution in [1.82, 2.24) is 9.88 Å². The molecule has 1 aromatic heterocycles. The smallest absolute Gasteiger partial charge is 0.313 e. The molecule has 3 rings (SSSR count). The first-order valence-corrected chi connectivity index (χ1v) is 8.52. The van der Waals surface area contributed by atoms with Crippen molar-refractivity contribution < 1.29 is 9.59 Å². The highest BCUT2D eigenvalue weighted by Crippen LogP contribution is 2.28. The number of nitrogens with one attached hydrogen (secondary N) is 1. The minimum Gasteiger partial charge on any atom is -0.331 e. The highest BCUT2D eigenvalue weighted by Gasteiger charge is 2.34. The molecule has 1 unspecified atom stereocenters. The van der Waals surface area contributed by atoms with Gasteiger partial charge in [0.1, 0.15) is 0 Å². The number of pyridine rings is 1. The van der Waals surface area contributed by atoms with E-state index in [0.29, 0.717) is 18.2 Å². The molecule has 0 spiro atoms. The molecular weight excluding hydrogens is 302 g/mol. The molecule has 5 heteroatoms. The lowest BCUT2D eigenvalue weighted by atomic mass is 9.86. The van der Waals surface area contributed by atoms with E-state index in [1.54, 1.807) is 23.4 Å². The number of likely N-dealkylation sites (tertiary alicyclic amines) is 1. The predicted molar refractivity (Wildman–Crippen MR) is 93.3 cm³/mol. The second kappa shape index (κ2) is 7.43. The molecular formula is C19H23N3O2. The van der Waals surface area contributed by atoms with E-state index in [-0.39, 0.29) is 6.04 Å². The van der Waals surface area contributed by atoms with Gasteiger partial charge in [-0.2, -0.15) is 0 Å². The van der Waals surface area contributed by atoms with Crippen LogP contribution >= 0.6 is 0 Å². The van der Waals surface area contributed by atoms with Crippen LogP contribution in [0.1, 0.15) is 31.2 Å². The molecule has 0 saturated carbocycles. The van der Waals surface area contributed by atoms with Gasteiger partial charge >= 0.3 is 11.8 Å². The summed E-state index contributed by atoms with van der Waals surface area (Å²) in [6.07, 6.45) is 15.5. The number of anilines is 1. The van der Waals surface area contributed by atoms with Crippen LogP contribution in [0.5, 0.6) is 0 Å². The molecule has 1 aliphatic carbocycles. The molecule has 1 saturated heterocycles. The van der Waals surface area contributed by atoms with Crippen LogP contribution in [0.4, 0.5) is 5.69 Å². The predicted octanol–water partition coefficient (Wildman–Crippen LogP) is 2.84. The number of aromatic nitrogens is 1. The Labute approximate surface area is 142 Å². The zero-order chi connectivity index (χ0) is 16.9. The fraction of sp³-hybridized carbons (Fsp3) is 0.421. The lowest BCUT2D eigenvalue weighted by molar-refractivity contribution is -0.146. The Morgan fingerprint density at radius 2 is 2.12 bits per heavy atom. The van der Waals surface area contributed by atoms with E-state index in [1.807, 2.05) is 19.1 Å². The largest absolute Gasteiger partial charge is 0.331 e. The first-order valence-electron chi connectivity index (χ1n) is 8.52. The Morgan fingerprint density at radius 3 is 2.88 bits per heavy atom. The number of rotatable bonds is 2. The number of amides is 2. The van der Waals surface area contributed by atoms with Crippen LogP contribution in [0.3, 0.4) is 0 Å². The number of aryl methyl sites for hydroxylation is 1. The van der Waals surface area contributed by atoms with E-state index in [4.69, 9.17) is 0 Å². The quantitative estimate of drug-likeness (QED) is 0.851. The highest BCUT2D eigenvalue weighted by atomic mass is 16.2. The van der Waals surface area contributed by atoms with Crippen molar-refractivity contribution in [2.75, 3.05) is 11.9 Å². The summed E-state index contributed by atoms with van der Waals surface area (Å²) in [4.78, 5) is 30.9. The van der Waals surface area contributed by atoms with E-state index >= 15 is 0 Å². The molecule has 2 heterocycles. The number of hydrogen-bond donors (Lipinski definition) is 1. The topological polar surface area (TPSA) is 62.3 Å². The summed E-state index contributed by atoms with van der Waals surface area (Å²) in [5.74, 6) is -0.721. The molecule has 2 aliphatic rings. The van der Waals surface area contributed by atoms with Gasteiger partial charge < -0.3 is 10.2 Å². The van der Waals surface area contributed by atoms with Crippen LogP contribution in [0.15, 0.2) is 42.8 Å². The maximum atomic E-state index is 12.7. The Hall–Kier alpha value is -2.43. The molecule has 1 aliphatic heterocycles. The van der Waals surface area contributed by atoms with Crippen molar-refractivity contribution >= 4 is 17.5 Å². The van der Waals surface area contributed by atoms with Crippen molar-refractivity contribution in [2.24, 2.45) is 5.92 Å². The minimum absolute atomic E-state index is 0.105. The number of nitrogens with zero attached hydrogens (tertiary/aromatic N) is 2. The summed E-state index contributed by atoms with van der Waals surface area (Å²) >= 11 is 0. The van der Waals surface area contributed by atoms with Gasteiger partial charge in [0, 0.05) is 24.7 Å². The van der Waals surface area contributed by atoms with Crippen LogP contribution in [0.25, 0.3) is 0 Å². The first kappa shape index (κ1) is 16.4. The van der Waals surface area contributed by atoms with Gasteiger partial charge in [0.2, 0.25) is 0 Å². The Morgan fingerprint density at radius 1 is 1.25 bits per heavy atom. The molecule has 0 radical (unpaired) electrons. The molecule has 2 amide bonds. The SMILES string of the molecule is Cc1cncc(NC(=O)C(=O)N2CCCC[C@H]2C2C=CC=CC2)c1. The fourth-order valence-electron chi connectivity index (χ4n) is 3.48. The summed E-state index contributed by atoms with van der Waals surface area (Å²) < 4.78 is 0. The van der Waals surface area contributed by atoms with Crippen molar-refractivity contribution in [1.29, 1.82) is 0 Å². The summed E-state index contributed by atoms with van der Waals surface area (Å²) in [7, 11) is 0. The van der Waals surface area contributed by atoms with Crippen LogP contribution < -0.4 is 5.32 Å². The average Bonchev–Trinajstić information content (AvgIpc) is 2.62. The summed E-state index contributed by atoms with van der Waals surface area (Å²) in [5, 5.41) is 2.68. The number of piperidine rings is 1. The van der Waals surface area contributed by atoms with Gasteiger partial charge in [0.15, 0.2) is 0 Å². The third kappa shape index (κ3) is 3.72. The van der Waals surface area contributed by atoms with Gasteiger partial charge in [-0.3, -0.25) is 14.6 Å². The van der Waals surface area contributed by atoms with Crippen molar-refractivity contribution in [3.05, 3.63) is 48.3 Å². The average molecular weight is 325 g/mol. The van der Waals surface area contributed by atoms with Crippen LogP contribution in [0.2, 0.25) is 0 Å². The van der Waals surface area contributed by atoms with E-state index in [9.17, 15) is 9.59 Å². The third-order valence-corrected chi connectivity index (χ3v) is 4.65. The molecule has 1 N–H and O–H groups in total. The highest BCUT2D eigenvalue weighted by molar-refractivity contribution is 6.39. The van der Waals surface area contributed by atoms with Crippen molar-refractivity contribution in [3.63, 3.8) is 0 Å². The molecule has 24 heavy (non-hydrogen) atoms. The summed E-state index contributed by atoms with van der Waals surface area (Å²) in [6, 6.07) is 1.91. The second-order valence-electron chi connectivity index (χ2n) is 6.48. The standard InChI is InChI=1S/C19H23N3O2/c1-14-11-16(13-20-12-14)21-18(23)19(24)22-10-6-5-9-17(22)15-7-3-2-4-8-15/h2-4,7,11-13,15,17H,5-6,8-10H2,1H3,(H,21,23)/t15?,17-/m0/s1. The van der Waals surface area contributed by atoms with Gasteiger partial charge in [0.25, 0.3) is 0 Å². The van der Waals surface area contributed by atoms with E-state index < -0.39 is 11.8 Å². The molecule has 0 bridgehead atoms. The number of carbonyl (C=O) groups is 2. The first-order chi connectivity index (χ1) is 11.6. The maximum absolute atomic E-state index is 12.7. The molecule has 126 valence electrons. The van der Waals surface area contributed by atoms with Gasteiger partial charge in [0.05, 0.1) is 11.9 Å². The molecule has 0 aromatic carbocycles. The lowest BCUT2D eigenvalue weighted by Gasteiger charge is -2.39. The van der Waals surface area contributed by atoms with E-state index in [0.717, 1.165) is 31.2 Å². The lowest BCUT2D eigenvalue weighted by Crippen LogP contribution is -2.51. The summed E-state index contributed by atoms with van der Waals surface area (Å²) in [5.41, 5.74) is 1.50. The zero-order valence-electron chi connectivity index (χ0n) is 13.9. The zero-order valence-corrected chi connectivity index (χ0v) is 13.9. The van der Waals surface area contributed by atoms with Gasteiger partial charge in [-0.25, -0.2) is 0 Å². The van der Waals surface area contributed by atoms with Crippen molar-refractivity contribution in [2.45, 2.75) is 38.6 Å². The number of carbonyl (C=O) groups excluding carboxylic acids is 2. The normalized spacial score (nSPS) is 23.1. The van der Waals surface area contributed by atoms with Crippen LogP contribution in [-0.2, 0) is 9.59 Å². The molecule has 5 nitrogen and oxygen atoms in total. The second-order valence-corrected chi connectivity index (χ2v) is 6.48.